The van der Waals surface area contributed by atoms with E-state index in [9.17, 15) is 0 Å². The fraction of sp³-hybridized carbons (Fsp3) is 0.182. The Morgan fingerprint density at radius 3 is 1.84 bits per heavy atom. The third-order valence-electron chi connectivity index (χ3n) is 4.03. The highest BCUT2D eigenvalue weighted by Gasteiger charge is 2.14. The van der Waals surface area contributed by atoms with Gasteiger partial charge in [-0.2, -0.15) is 0 Å². The Labute approximate surface area is 156 Å². The maximum Gasteiger partial charge on any atom is 0.123 e. The maximum atomic E-state index is 5.74. The van der Waals surface area contributed by atoms with Gasteiger partial charge in [0.2, 0.25) is 0 Å². The Bertz CT molecular complexity index is 707. The van der Waals surface area contributed by atoms with Crippen molar-refractivity contribution in [2.45, 2.75) is 19.5 Å². The van der Waals surface area contributed by atoms with Crippen LogP contribution in [0.3, 0.4) is 0 Å². The van der Waals surface area contributed by atoms with Gasteiger partial charge in [0.05, 0.1) is 12.6 Å². The fourth-order valence-corrected chi connectivity index (χ4v) is 2.88. The van der Waals surface area contributed by atoms with Gasteiger partial charge >= 0.3 is 0 Å². The van der Waals surface area contributed by atoms with Crippen LogP contribution >= 0.6 is 12.4 Å². The summed E-state index contributed by atoms with van der Waals surface area (Å²) in [5.74, 6) is 0.951. The molecule has 2 nitrogen and oxygen atoms in total. The van der Waals surface area contributed by atoms with Crippen LogP contribution in [0, 0.1) is 0 Å². The van der Waals surface area contributed by atoms with Crippen LogP contribution in [-0.2, 0) is 6.54 Å². The highest BCUT2D eigenvalue weighted by molar-refractivity contribution is 5.85. The molecule has 0 fully saturated rings. The lowest BCUT2D eigenvalue weighted by molar-refractivity contribution is 0.335. The first-order chi connectivity index (χ1) is 11.9. The minimum Gasteiger partial charge on any atom is -0.494 e. The van der Waals surface area contributed by atoms with Crippen molar-refractivity contribution < 1.29 is 4.74 Å². The van der Waals surface area contributed by atoms with Crippen molar-refractivity contribution in [3.63, 3.8) is 0 Å². The normalized spacial score (nSPS) is 10.3. The first-order valence-electron chi connectivity index (χ1n) is 8.42. The zero-order valence-electron chi connectivity index (χ0n) is 14.4. The van der Waals surface area contributed by atoms with E-state index in [0.717, 1.165) is 12.3 Å². The molecular formula is C22H24ClNO. The number of para-hydroxylation sites is 1. The van der Waals surface area contributed by atoms with Gasteiger partial charge in [-0.1, -0.05) is 78.9 Å². The minimum absolute atomic E-state index is 0. The zero-order chi connectivity index (χ0) is 16.6. The summed E-state index contributed by atoms with van der Waals surface area (Å²) in [5.41, 5.74) is 3.70. The first-order valence-corrected chi connectivity index (χ1v) is 8.42. The minimum atomic E-state index is 0. The molecule has 0 aliphatic rings. The number of rotatable bonds is 7. The second-order valence-electron chi connectivity index (χ2n) is 5.68. The molecule has 0 radical (unpaired) electrons. The van der Waals surface area contributed by atoms with Gasteiger partial charge in [0.15, 0.2) is 0 Å². The molecule has 0 aliphatic carbocycles. The Morgan fingerprint density at radius 1 is 0.760 bits per heavy atom. The summed E-state index contributed by atoms with van der Waals surface area (Å²) >= 11 is 0. The molecule has 0 aliphatic heterocycles. The van der Waals surface area contributed by atoms with Crippen molar-refractivity contribution in [3.8, 4) is 5.75 Å². The molecule has 0 amide bonds. The van der Waals surface area contributed by atoms with E-state index in [1.807, 2.05) is 19.1 Å². The van der Waals surface area contributed by atoms with Crippen LogP contribution in [0.1, 0.15) is 29.7 Å². The summed E-state index contributed by atoms with van der Waals surface area (Å²) in [6.45, 7) is 3.45. The molecule has 0 saturated heterocycles. The van der Waals surface area contributed by atoms with Crippen LogP contribution in [0.15, 0.2) is 84.9 Å². The van der Waals surface area contributed by atoms with Gasteiger partial charge in [0.1, 0.15) is 5.75 Å². The number of halogens is 1. The average Bonchev–Trinajstić information content (AvgIpc) is 2.65. The van der Waals surface area contributed by atoms with Crippen molar-refractivity contribution in [2.24, 2.45) is 0 Å². The largest absolute Gasteiger partial charge is 0.494 e. The second-order valence-corrected chi connectivity index (χ2v) is 5.68. The second kappa shape index (κ2) is 9.87. The topological polar surface area (TPSA) is 21.3 Å². The molecule has 0 bridgehead atoms. The number of hydrogen-bond acceptors (Lipinski definition) is 2. The third-order valence-corrected chi connectivity index (χ3v) is 4.03. The Hall–Kier alpha value is -2.29. The number of benzene rings is 3. The average molecular weight is 354 g/mol. The van der Waals surface area contributed by atoms with Gasteiger partial charge in [-0.15, -0.1) is 12.4 Å². The standard InChI is InChI=1S/C22H23NO.ClH/c1-2-24-21-16-10-9-15-20(21)17-23-22(18-11-5-3-6-12-18)19-13-7-4-8-14-19;/h3-16,22-23H,2,17H2,1H3;1H. The van der Waals surface area contributed by atoms with E-state index in [0.29, 0.717) is 6.61 Å². The Balaban J connectivity index is 0.00000225. The smallest absolute Gasteiger partial charge is 0.123 e. The van der Waals surface area contributed by atoms with E-state index >= 15 is 0 Å². The van der Waals surface area contributed by atoms with Gasteiger partial charge in [0, 0.05) is 12.1 Å². The summed E-state index contributed by atoms with van der Waals surface area (Å²) < 4.78 is 5.74. The molecule has 0 unspecified atom stereocenters. The van der Waals surface area contributed by atoms with Crippen LogP contribution in [0.2, 0.25) is 0 Å². The molecule has 3 aromatic carbocycles. The Morgan fingerprint density at radius 2 is 1.28 bits per heavy atom. The summed E-state index contributed by atoms with van der Waals surface area (Å²) in [6.07, 6.45) is 0. The zero-order valence-corrected chi connectivity index (χ0v) is 15.2. The Kier molecular flexibility index (Phi) is 7.52. The predicted molar refractivity (Wildman–Crippen MR) is 106 cm³/mol. The molecule has 3 aromatic rings. The van der Waals surface area contributed by atoms with Crippen LogP contribution < -0.4 is 10.1 Å². The van der Waals surface area contributed by atoms with Crippen LogP contribution in [0.4, 0.5) is 0 Å². The SMILES string of the molecule is CCOc1ccccc1CNC(c1ccccc1)c1ccccc1.Cl. The lowest BCUT2D eigenvalue weighted by Gasteiger charge is -2.21. The molecule has 130 valence electrons. The van der Waals surface area contributed by atoms with Gasteiger partial charge in [0.25, 0.3) is 0 Å². The van der Waals surface area contributed by atoms with Crippen LogP contribution in [0.25, 0.3) is 0 Å². The molecule has 1 N–H and O–H groups in total. The van der Waals surface area contributed by atoms with Gasteiger partial charge in [-0.25, -0.2) is 0 Å². The van der Waals surface area contributed by atoms with E-state index < -0.39 is 0 Å². The number of hydrogen-bond donors (Lipinski definition) is 1. The molecule has 0 saturated carbocycles. The summed E-state index contributed by atoms with van der Waals surface area (Å²) in [5, 5.41) is 3.69. The summed E-state index contributed by atoms with van der Waals surface area (Å²) in [7, 11) is 0. The lowest BCUT2D eigenvalue weighted by Crippen LogP contribution is -2.22. The summed E-state index contributed by atoms with van der Waals surface area (Å²) in [4.78, 5) is 0. The van der Waals surface area contributed by atoms with Crippen molar-refractivity contribution >= 4 is 12.4 Å². The maximum absolute atomic E-state index is 5.74. The molecule has 25 heavy (non-hydrogen) atoms. The molecular weight excluding hydrogens is 330 g/mol. The molecule has 0 heterocycles. The highest BCUT2D eigenvalue weighted by Crippen LogP contribution is 2.24. The number of ether oxygens (including phenoxy) is 1. The molecule has 3 rings (SSSR count). The van der Waals surface area contributed by atoms with E-state index in [-0.39, 0.29) is 18.4 Å². The van der Waals surface area contributed by atoms with E-state index in [1.165, 1.54) is 16.7 Å². The quantitative estimate of drug-likeness (QED) is 0.615. The predicted octanol–water partition coefficient (Wildman–Crippen LogP) is 5.39. The van der Waals surface area contributed by atoms with E-state index in [2.05, 4.69) is 78.1 Å². The van der Waals surface area contributed by atoms with E-state index in [4.69, 9.17) is 4.74 Å². The first kappa shape index (κ1) is 19.0. The van der Waals surface area contributed by atoms with Crippen LogP contribution in [-0.4, -0.2) is 6.61 Å². The monoisotopic (exact) mass is 353 g/mol. The fourth-order valence-electron chi connectivity index (χ4n) is 2.88. The van der Waals surface area contributed by atoms with Gasteiger partial charge in [-0.3, -0.25) is 0 Å². The number of nitrogens with one attached hydrogen (secondary N) is 1. The van der Waals surface area contributed by atoms with Crippen molar-refractivity contribution in [3.05, 3.63) is 102 Å². The van der Waals surface area contributed by atoms with Crippen molar-refractivity contribution in [2.75, 3.05) is 6.61 Å². The van der Waals surface area contributed by atoms with Crippen LogP contribution in [0.5, 0.6) is 5.75 Å². The molecule has 0 spiro atoms. The third kappa shape index (κ3) is 5.09. The van der Waals surface area contributed by atoms with Gasteiger partial charge in [-0.05, 0) is 24.1 Å². The highest BCUT2D eigenvalue weighted by atomic mass is 35.5. The lowest BCUT2D eigenvalue weighted by atomic mass is 9.98. The molecule has 0 atom stereocenters. The van der Waals surface area contributed by atoms with E-state index in [1.54, 1.807) is 0 Å². The van der Waals surface area contributed by atoms with Crippen molar-refractivity contribution in [1.82, 2.24) is 5.32 Å². The van der Waals surface area contributed by atoms with Gasteiger partial charge < -0.3 is 10.1 Å². The molecule has 3 heteroatoms. The molecule has 0 aromatic heterocycles. The van der Waals surface area contributed by atoms with Crippen molar-refractivity contribution in [1.29, 1.82) is 0 Å². The summed E-state index contributed by atoms with van der Waals surface area (Å²) in [6, 6.07) is 29.5.